The van der Waals surface area contributed by atoms with E-state index in [1.165, 1.54) is 23.6 Å². The minimum atomic E-state index is -1.37. The van der Waals surface area contributed by atoms with Crippen molar-refractivity contribution in [1.29, 1.82) is 0 Å². The smallest absolute Gasteiger partial charge is 0.413 e. The van der Waals surface area contributed by atoms with Crippen LogP contribution in [-0.2, 0) is 44.8 Å². The average Bonchev–Trinajstić information content (AvgIpc) is 3.61. The Kier molecular flexibility index (Phi) is 14.6. The maximum Gasteiger partial charge on any atom is 0.413 e. The molecule has 320 valence electrons. The number of rotatable bonds is 15. The number of carbonyl (C=O) groups excluding carboxylic acids is 5. The van der Waals surface area contributed by atoms with Crippen LogP contribution in [0.1, 0.15) is 56.2 Å². The lowest BCUT2D eigenvalue weighted by atomic mass is 10.0. The Labute approximate surface area is 369 Å². The van der Waals surface area contributed by atoms with Crippen molar-refractivity contribution in [2.75, 3.05) is 24.1 Å². The zero-order chi connectivity index (χ0) is 43.8. The number of alkyl halides is 1. The number of hydrogen-bond acceptors (Lipinski definition) is 14. The molecule has 1 unspecified atom stereocenters. The summed E-state index contributed by atoms with van der Waals surface area (Å²) in [7, 11) is 1.54. The number of methoxy groups -OCH3 is 1. The molecule has 3 atom stereocenters. The van der Waals surface area contributed by atoms with Crippen molar-refractivity contribution < 1.29 is 47.8 Å². The van der Waals surface area contributed by atoms with Gasteiger partial charge in [-0.25, -0.2) is 19.4 Å². The first-order valence-corrected chi connectivity index (χ1v) is 21.5. The summed E-state index contributed by atoms with van der Waals surface area (Å²) < 4.78 is 21.9. The van der Waals surface area contributed by atoms with E-state index in [4.69, 9.17) is 47.0 Å². The summed E-state index contributed by atoms with van der Waals surface area (Å²) in [5.74, 6) is -2.28. The molecule has 1 fully saturated rings. The van der Waals surface area contributed by atoms with Crippen molar-refractivity contribution >= 4 is 87.0 Å². The van der Waals surface area contributed by atoms with Crippen LogP contribution >= 0.6 is 46.3 Å². The van der Waals surface area contributed by atoms with Gasteiger partial charge in [-0.3, -0.25) is 19.8 Å². The number of amides is 3. The Balaban J connectivity index is 1.22. The van der Waals surface area contributed by atoms with Gasteiger partial charge in [-0.2, -0.15) is 0 Å². The first-order valence-electron chi connectivity index (χ1n) is 18.7. The Morgan fingerprint density at radius 1 is 0.984 bits per heavy atom. The molecule has 0 saturated carbocycles. The molecule has 0 spiro atoms. The van der Waals surface area contributed by atoms with Crippen molar-refractivity contribution in [2.24, 2.45) is 5.16 Å². The van der Waals surface area contributed by atoms with Crippen molar-refractivity contribution in [3.63, 3.8) is 0 Å². The quantitative estimate of drug-likeness (QED) is 0.0305. The van der Waals surface area contributed by atoms with E-state index in [0.29, 0.717) is 28.0 Å². The molecule has 19 heteroatoms. The average molecular weight is 911 g/mol. The molecule has 0 radical (unpaired) electrons. The minimum absolute atomic E-state index is 0.00274. The first-order chi connectivity index (χ1) is 29.2. The van der Waals surface area contributed by atoms with Gasteiger partial charge in [0.1, 0.15) is 45.1 Å². The predicted molar refractivity (Wildman–Crippen MR) is 230 cm³/mol. The van der Waals surface area contributed by atoms with Crippen LogP contribution in [0.2, 0.25) is 4.34 Å². The summed E-state index contributed by atoms with van der Waals surface area (Å²) >= 11 is 14.9. The summed E-state index contributed by atoms with van der Waals surface area (Å²) in [4.78, 5) is 78.6. The molecule has 6 rings (SSSR count). The number of aromatic nitrogens is 1. The van der Waals surface area contributed by atoms with Crippen molar-refractivity contribution in [1.82, 2.24) is 15.2 Å². The first kappa shape index (κ1) is 44.9. The van der Waals surface area contributed by atoms with E-state index in [1.54, 1.807) is 52.1 Å². The van der Waals surface area contributed by atoms with Gasteiger partial charge in [0, 0.05) is 11.6 Å². The van der Waals surface area contributed by atoms with Crippen LogP contribution in [0.25, 0.3) is 0 Å². The van der Waals surface area contributed by atoms with Crippen molar-refractivity contribution in [2.45, 2.75) is 63.5 Å². The van der Waals surface area contributed by atoms with Crippen LogP contribution < -0.4 is 15.4 Å². The molecule has 61 heavy (non-hydrogen) atoms. The zero-order valence-corrected chi connectivity index (χ0v) is 36.7. The van der Waals surface area contributed by atoms with Gasteiger partial charge in [0.2, 0.25) is 6.10 Å². The van der Waals surface area contributed by atoms with E-state index in [0.717, 1.165) is 11.3 Å². The molecule has 2 aliphatic heterocycles. The van der Waals surface area contributed by atoms with Gasteiger partial charge >= 0.3 is 18.0 Å². The molecule has 3 amide bonds. The highest BCUT2D eigenvalue weighted by molar-refractivity contribution is 8.00. The lowest BCUT2D eigenvalue weighted by molar-refractivity contribution is -0.160. The molecule has 15 nitrogen and oxygen atoms in total. The number of anilines is 1. The number of esters is 2. The number of thiazole rings is 1. The Morgan fingerprint density at radius 2 is 1.62 bits per heavy atom. The fourth-order valence-electron chi connectivity index (χ4n) is 5.98. The number of oxime groups is 1. The van der Waals surface area contributed by atoms with Gasteiger partial charge < -0.3 is 29.1 Å². The molecule has 2 N–H and O–H groups in total. The molecule has 2 aliphatic rings. The van der Waals surface area contributed by atoms with Gasteiger partial charge in [0.15, 0.2) is 16.9 Å². The van der Waals surface area contributed by atoms with E-state index in [-0.39, 0.29) is 39.1 Å². The lowest BCUT2D eigenvalue weighted by Gasteiger charge is -2.49. The SMILES string of the molecule is COc1ccc(COC(=O)C2=C(CCl)CSC3[C@H](NC(=O)/C(=N\O[C@@H](C)C(=O)OC(c4ccccc4)c4ccccc4)c4nc(NC(=O)OC(C)(C)C)sc4Cl)C(=O)N23)cc1. The normalized spacial score (nSPS) is 16.8. The van der Waals surface area contributed by atoms with E-state index in [2.05, 4.69) is 20.8 Å². The van der Waals surface area contributed by atoms with Gasteiger partial charge in [-0.15, -0.1) is 23.4 Å². The summed E-state index contributed by atoms with van der Waals surface area (Å²) in [5.41, 5.74) is 1.01. The molecule has 1 saturated heterocycles. The number of β-lactam (4-membered cyclic amide) rings is 1. The number of carbonyl (C=O) groups is 5. The maximum absolute atomic E-state index is 14.2. The van der Waals surface area contributed by atoms with Crippen LogP contribution in [0.4, 0.5) is 9.93 Å². The zero-order valence-electron chi connectivity index (χ0n) is 33.5. The second-order valence-corrected chi connectivity index (χ2v) is 17.4. The molecule has 4 aromatic rings. The summed E-state index contributed by atoms with van der Waals surface area (Å²) in [5, 5.41) is 8.40. The molecule has 0 bridgehead atoms. The van der Waals surface area contributed by atoms with E-state index >= 15 is 0 Å². The molecular formula is C42H41Cl2N5O10S2. The molecule has 3 heterocycles. The predicted octanol–water partition coefficient (Wildman–Crippen LogP) is 7.23. The molecular weight excluding hydrogens is 870 g/mol. The number of thioether (sulfide) groups is 1. The van der Waals surface area contributed by atoms with Crippen molar-refractivity contribution in [3.05, 3.63) is 123 Å². The van der Waals surface area contributed by atoms with Crippen molar-refractivity contribution in [3.8, 4) is 5.75 Å². The highest BCUT2D eigenvalue weighted by atomic mass is 35.5. The largest absolute Gasteiger partial charge is 0.497 e. The van der Waals surface area contributed by atoms with Crippen LogP contribution in [-0.4, -0.2) is 87.3 Å². The van der Waals surface area contributed by atoms with E-state index < -0.39 is 64.8 Å². The third-order valence-electron chi connectivity index (χ3n) is 8.92. The number of nitrogens with zero attached hydrogens (tertiary/aromatic N) is 3. The number of benzene rings is 3. The number of halogens is 2. The maximum atomic E-state index is 14.2. The van der Waals surface area contributed by atoms with Gasteiger partial charge in [-0.1, -0.05) is 101 Å². The fraction of sp³-hybridized carbons (Fsp3) is 0.310. The van der Waals surface area contributed by atoms with Gasteiger partial charge in [0.25, 0.3) is 11.8 Å². The second kappa shape index (κ2) is 19.8. The van der Waals surface area contributed by atoms with Gasteiger partial charge in [0.05, 0.1) is 7.11 Å². The monoisotopic (exact) mass is 909 g/mol. The Morgan fingerprint density at radius 3 is 2.21 bits per heavy atom. The third-order valence-corrected chi connectivity index (χ3v) is 11.8. The number of nitrogens with one attached hydrogen (secondary N) is 2. The van der Waals surface area contributed by atoms with Crippen LogP contribution in [0, 0.1) is 0 Å². The Bertz CT molecular complexity index is 2280. The Hall–Kier alpha value is -5.62. The summed E-state index contributed by atoms with van der Waals surface area (Å²) in [6, 6.07) is 24.0. The summed E-state index contributed by atoms with van der Waals surface area (Å²) in [6.45, 7) is 6.35. The highest BCUT2D eigenvalue weighted by Gasteiger charge is 2.54. The number of ether oxygens (including phenoxy) is 4. The minimum Gasteiger partial charge on any atom is -0.497 e. The molecule has 1 aromatic heterocycles. The van der Waals surface area contributed by atoms with E-state index in [9.17, 15) is 24.0 Å². The second-order valence-electron chi connectivity index (χ2n) is 14.5. The molecule has 3 aromatic carbocycles. The van der Waals surface area contributed by atoms with Gasteiger partial charge in [-0.05, 0) is 62.1 Å². The van der Waals surface area contributed by atoms with E-state index in [1.807, 2.05) is 60.7 Å². The lowest BCUT2D eigenvalue weighted by Crippen LogP contribution is -2.71. The highest BCUT2D eigenvalue weighted by Crippen LogP contribution is 2.41. The standard InChI is InChI=1S/C42H41Cl2N5O10S2/c1-23(38(52)57-33(25-12-8-6-9-13-25)26-14-10-7-11-15-26)59-48-30(29-34(44)61-40(46-29)47-41(54)58-42(2,3)4)35(50)45-31-36(51)49-32(27(20-43)22-60-37(31)49)39(53)56-21-24-16-18-28(55-5)19-17-24/h6-19,23,31,33,37H,20-22H2,1-5H3,(H,45,50)(H,46,47,54)/b48-30-/t23-,31+,37?/m0/s1. The number of hydrogen-bond donors (Lipinski definition) is 2. The van der Waals surface area contributed by atoms with Crippen LogP contribution in [0.15, 0.2) is 101 Å². The third kappa shape index (κ3) is 11.0. The van der Waals surface area contributed by atoms with Crippen LogP contribution in [0.5, 0.6) is 5.75 Å². The summed E-state index contributed by atoms with van der Waals surface area (Å²) in [6.07, 6.45) is -2.99. The van der Waals surface area contributed by atoms with Crippen LogP contribution in [0.3, 0.4) is 0 Å². The molecule has 0 aliphatic carbocycles. The number of fused-ring (bicyclic) bond motifs is 1. The topological polar surface area (TPSA) is 184 Å². The fourth-order valence-corrected chi connectivity index (χ4v) is 8.69.